The molecule has 0 atom stereocenters. The fourth-order valence-electron chi connectivity index (χ4n) is 2.73. The van der Waals surface area contributed by atoms with Crippen LogP contribution in [0.1, 0.15) is 17.5 Å². The maximum Gasteiger partial charge on any atom is 0.188 e. The van der Waals surface area contributed by atoms with Gasteiger partial charge in [-0.05, 0) is 37.0 Å². The quantitative estimate of drug-likeness (QED) is 0.424. The highest BCUT2D eigenvalue weighted by atomic mass is 16.5. The molecule has 0 unspecified atom stereocenters. The monoisotopic (exact) mass is 334 g/mol. The Hall–Kier alpha value is -1.79. The molecule has 1 aliphatic rings. The summed E-state index contributed by atoms with van der Waals surface area (Å²) in [7, 11) is 1.70. The number of aliphatic imine (C=N–C) groups is 1. The first-order chi connectivity index (χ1) is 11.7. The van der Waals surface area contributed by atoms with Gasteiger partial charge in [-0.15, -0.1) is 0 Å². The normalized spacial score (nSPS) is 16.2. The highest BCUT2D eigenvalue weighted by Gasteiger charge is 2.08. The highest BCUT2D eigenvalue weighted by Crippen LogP contribution is 2.18. The molecule has 0 bridgehead atoms. The average Bonchev–Trinajstić information content (AvgIpc) is 2.61. The van der Waals surface area contributed by atoms with Gasteiger partial charge < -0.3 is 20.5 Å². The molecule has 1 aliphatic heterocycles. The van der Waals surface area contributed by atoms with Gasteiger partial charge in [0.05, 0.1) is 20.3 Å². The molecule has 1 aromatic carbocycles. The molecule has 0 aliphatic carbocycles. The summed E-state index contributed by atoms with van der Waals surface area (Å²) in [5, 5.41) is 3.17. The second kappa shape index (κ2) is 10.2. The largest absolute Gasteiger partial charge is 0.496 e. The van der Waals surface area contributed by atoms with Gasteiger partial charge in [-0.2, -0.15) is 0 Å². The number of aryl methyl sites for hydroxylation is 1. The van der Waals surface area contributed by atoms with E-state index in [-0.39, 0.29) is 0 Å². The Morgan fingerprint density at radius 2 is 2.17 bits per heavy atom. The molecule has 3 N–H and O–H groups in total. The van der Waals surface area contributed by atoms with E-state index in [9.17, 15) is 0 Å². The van der Waals surface area contributed by atoms with Crippen molar-refractivity contribution in [2.45, 2.75) is 19.8 Å². The van der Waals surface area contributed by atoms with Crippen LogP contribution in [0.4, 0.5) is 0 Å². The summed E-state index contributed by atoms with van der Waals surface area (Å²) in [4.78, 5) is 6.80. The van der Waals surface area contributed by atoms with E-state index in [1.807, 2.05) is 6.92 Å². The molecule has 1 heterocycles. The van der Waals surface area contributed by atoms with Crippen molar-refractivity contribution in [2.24, 2.45) is 10.7 Å². The Morgan fingerprint density at radius 1 is 1.38 bits per heavy atom. The molecule has 0 amide bonds. The summed E-state index contributed by atoms with van der Waals surface area (Å²) in [5.41, 5.74) is 8.29. The fraction of sp³-hybridized carbons (Fsp3) is 0.611. The third-order valence-electron chi connectivity index (χ3n) is 4.21. The first kappa shape index (κ1) is 18.5. The second-order valence-electron chi connectivity index (χ2n) is 6.06. The SMILES string of the molecule is COc1cc(CCNC(N)=NCCCN2CCOCC2)ccc1C. The summed E-state index contributed by atoms with van der Waals surface area (Å²) in [5.74, 6) is 1.45. The molecular weight excluding hydrogens is 304 g/mol. The topological polar surface area (TPSA) is 72.1 Å². The number of nitrogens with one attached hydrogen (secondary N) is 1. The summed E-state index contributed by atoms with van der Waals surface area (Å²) in [6.45, 7) is 8.37. The average molecular weight is 334 g/mol. The lowest BCUT2D eigenvalue weighted by atomic mass is 10.1. The number of rotatable bonds is 8. The molecule has 24 heavy (non-hydrogen) atoms. The molecule has 0 spiro atoms. The maximum atomic E-state index is 5.92. The Kier molecular flexibility index (Phi) is 7.85. The Morgan fingerprint density at radius 3 is 2.92 bits per heavy atom. The summed E-state index contributed by atoms with van der Waals surface area (Å²) >= 11 is 0. The number of guanidine groups is 1. The summed E-state index contributed by atoms with van der Waals surface area (Å²) < 4.78 is 10.7. The van der Waals surface area contributed by atoms with Crippen LogP contribution in [-0.2, 0) is 11.2 Å². The van der Waals surface area contributed by atoms with Crippen LogP contribution < -0.4 is 15.8 Å². The van der Waals surface area contributed by atoms with Gasteiger partial charge in [-0.1, -0.05) is 12.1 Å². The molecule has 0 radical (unpaired) electrons. The van der Waals surface area contributed by atoms with Gasteiger partial charge in [0.25, 0.3) is 0 Å². The second-order valence-corrected chi connectivity index (χ2v) is 6.06. The van der Waals surface area contributed by atoms with Crippen LogP contribution >= 0.6 is 0 Å². The van der Waals surface area contributed by atoms with Crippen LogP contribution in [0, 0.1) is 6.92 Å². The molecule has 1 fully saturated rings. The van der Waals surface area contributed by atoms with Gasteiger partial charge in [-0.3, -0.25) is 9.89 Å². The van der Waals surface area contributed by atoms with Crippen LogP contribution in [-0.4, -0.2) is 63.9 Å². The standard InChI is InChI=1S/C18H30N4O2/c1-15-4-5-16(14-17(15)23-2)6-8-21-18(19)20-7-3-9-22-10-12-24-13-11-22/h4-5,14H,3,6-13H2,1-2H3,(H3,19,20,21). The number of methoxy groups -OCH3 is 1. The van der Waals surface area contributed by atoms with E-state index >= 15 is 0 Å². The van der Waals surface area contributed by atoms with E-state index in [0.717, 1.165) is 70.1 Å². The van der Waals surface area contributed by atoms with Crippen molar-refractivity contribution in [3.8, 4) is 5.75 Å². The zero-order valence-corrected chi connectivity index (χ0v) is 14.9. The van der Waals surface area contributed by atoms with Crippen molar-refractivity contribution >= 4 is 5.96 Å². The maximum absolute atomic E-state index is 5.92. The zero-order valence-electron chi connectivity index (χ0n) is 14.9. The predicted octanol–water partition coefficient (Wildman–Crippen LogP) is 1.17. The van der Waals surface area contributed by atoms with Gasteiger partial charge in [0, 0.05) is 32.7 Å². The number of benzene rings is 1. The summed E-state index contributed by atoms with van der Waals surface area (Å²) in [6, 6.07) is 6.28. The number of nitrogens with zero attached hydrogens (tertiary/aromatic N) is 2. The van der Waals surface area contributed by atoms with E-state index < -0.39 is 0 Å². The molecule has 2 rings (SSSR count). The number of morpholine rings is 1. The van der Waals surface area contributed by atoms with Crippen LogP contribution in [0.15, 0.2) is 23.2 Å². The van der Waals surface area contributed by atoms with Crippen LogP contribution in [0.25, 0.3) is 0 Å². The molecule has 0 saturated carbocycles. The smallest absolute Gasteiger partial charge is 0.188 e. The molecule has 6 heteroatoms. The first-order valence-corrected chi connectivity index (χ1v) is 8.66. The van der Waals surface area contributed by atoms with Crippen LogP contribution in [0.5, 0.6) is 5.75 Å². The Labute approximate surface area is 145 Å². The van der Waals surface area contributed by atoms with Gasteiger partial charge in [0.2, 0.25) is 0 Å². The lowest BCUT2D eigenvalue weighted by molar-refractivity contribution is 0.0377. The van der Waals surface area contributed by atoms with E-state index in [2.05, 4.69) is 33.4 Å². The van der Waals surface area contributed by atoms with Crippen LogP contribution in [0.2, 0.25) is 0 Å². The molecule has 0 aromatic heterocycles. The molecular formula is C18H30N4O2. The first-order valence-electron chi connectivity index (χ1n) is 8.66. The highest BCUT2D eigenvalue weighted by molar-refractivity contribution is 5.77. The van der Waals surface area contributed by atoms with E-state index in [0.29, 0.717) is 5.96 Å². The van der Waals surface area contributed by atoms with E-state index in [1.54, 1.807) is 7.11 Å². The van der Waals surface area contributed by atoms with Crippen molar-refractivity contribution < 1.29 is 9.47 Å². The number of hydrogen-bond acceptors (Lipinski definition) is 4. The summed E-state index contributed by atoms with van der Waals surface area (Å²) in [6.07, 6.45) is 1.91. The van der Waals surface area contributed by atoms with Gasteiger partial charge in [0.15, 0.2) is 5.96 Å². The number of ether oxygens (including phenoxy) is 2. The fourth-order valence-corrected chi connectivity index (χ4v) is 2.73. The van der Waals surface area contributed by atoms with Crippen molar-refractivity contribution in [1.29, 1.82) is 0 Å². The third kappa shape index (κ3) is 6.37. The van der Waals surface area contributed by atoms with Crippen molar-refractivity contribution in [3.63, 3.8) is 0 Å². The van der Waals surface area contributed by atoms with Crippen LogP contribution in [0.3, 0.4) is 0 Å². The number of hydrogen-bond donors (Lipinski definition) is 2. The van der Waals surface area contributed by atoms with E-state index in [4.69, 9.17) is 15.2 Å². The lowest BCUT2D eigenvalue weighted by Gasteiger charge is -2.26. The minimum absolute atomic E-state index is 0.524. The van der Waals surface area contributed by atoms with Crippen molar-refractivity contribution in [2.75, 3.05) is 53.0 Å². The molecule has 134 valence electrons. The molecule has 6 nitrogen and oxygen atoms in total. The molecule has 1 saturated heterocycles. The van der Waals surface area contributed by atoms with E-state index in [1.165, 1.54) is 5.56 Å². The minimum atomic E-state index is 0.524. The minimum Gasteiger partial charge on any atom is -0.496 e. The van der Waals surface area contributed by atoms with Gasteiger partial charge >= 0.3 is 0 Å². The Balaban J connectivity index is 1.62. The lowest BCUT2D eigenvalue weighted by Crippen LogP contribution is -2.37. The van der Waals surface area contributed by atoms with Crippen molar-refractivity contribution in [3.05, 3.63) is 29.3 Å². The molecule has 1 aromatic rings. The number of nitrogens with two attached hydrogens (primary N) is 1. The van der Waals surface area contributed by atoms with Crippen molar-refractivity contribution in [1.82, 2.24) is 10.2 Å². The predicted molar refractivity (Wildman–Crippen MR) is 97.8 cm³/mol. The zero-order chi connectivity index (χ0) is 17.2. The third-order valence-corrected chi connectivity index (χ3v) is 4.21. The van der Waals surface area contributed by atoms with Gasteiger partial charge in [0.1, 0.15) is 5.75 Å². The Bertz CT molecular complexity index is 528. The van der Waals surface area contributed by atoms with Gasteiger partial charge in [-0.25, -0.2) is 0 Å².